The fraction of sp³-hybridized carbons (Fsp3) is 0.562. The van der Waals surface area contributed by atoms with E-state index in [-0.39, 0.29) is 0 Å². The van der Waals surface area contributed by atoms with Gasteiger partial charge in [0.15, 0.2) is 0 Å². The standard InChI is InChI=1S/C16H23N3O2/c1-12-2-5-16-18-7-14(19(16)9-12)6-17-8-15(20)11-21-10-13-3-4-13/h2,5,7,9,13,15,17,20H,3-4,6,8,10-11H2,1H3. The van der Waals surface area contributed by atoms with Gasteiger partial charge >= 0.3 is 0 Å². The van der Waals surface area contributed by atoms with Crippen molar-refractivity contribution in [1.82, 2.24) is 14.7 Å². The minimum absolute atomic E-state index is 0.412. The lowest BCUT2D eigenvalue weighted by Crippen LogP contribution is -2.30. The molecule has 5 heteroatoms. The van der Waals surface area contributed by atoms with Crippen LogP contribution < -0.4 is 5.32 Å². The van der Waals surface area contributed by atoms with Crippen LogP contribution in [0.15, 0.2) is 24.5 Å². The molecule has 1 unspecified atom stereocenters. The first-order valence-electron chi connectivity index (χ1n) is 7.61. The van der Waals surface area contributed by atoms with Crippen molar-refractivity contribution in [1.29, 1.82) is 0 Å². The summed E-state index contributed by atoms with van der Waals surface area (Å²) < 4.78 is 7.57. The molecule has 0 aromatic carbocycles. The lowest BCUT2D eigenvalue weighted by atomic mass is 10.3. The lowest BCUT2D eigenvalue weighted by Gasteiger charge is -2.12. The molecule has 0 saturated heterocycles. The highest BCUT2D eigenvalue weighted by Crippen LogP contribution is 2.28. The first-order valence-corrected chi connectivity index (χ1v) is 7.61. The van der Waals surface area contributed by atoms with E-state index in [1.165, 1.54) is 18.4 Å². The van der Waals surface area contributed by atoms with E-state index in [2.05, 4.69) is 33.9 Å². The normalized spacial score (nSPS) is 16.5. The van der Waals surface area contributed by atoms with Crippen LogP contribution in [-0.4, -0.2) is 40.4 Å². The molecular weight excluding hydrogens is 266 g/mol. The van der Waals surface area contributed by atoms with Crippen LogP contribution in [0.25, 0.3) is 5.65 Å². The number of aromatic nitrogens is 2. The summed E-state index contributed by atoms with van der Waals surface area (Å²) in [7, 11) is 0. The second-order valence-corrected chi connectivity index (χ2v) is 5.95. The highest BCUT2D eigenvalue weighted by atomic mass is 16.5. The maximum absolute atomic E-state index is 9.86. The lowest BCUT2D eigenvalue weighted by molar-refractivity contribution is 0.0324. The summed E-state index contributed by atoms with van der Waals surface area (Å²) in [5, 5.41) is 13.1. The summed E-state index contributed by atoms with van der Waals surface area (Å²) in [6.45, 7) is 4.49. The maximum atomic E-state index is 9.86. The molecule has 0 bridgehead atoms. The largest absolute Gasteiger partial charge is 0.389 e. The number of fused-ring (bicyclic) bond motifs is 1. The van der Waals surface area contributed by atoms with Gasteiger partial charge < -0.3 is 19.6 Å². The Labute approximate surface area is 125 Å². The molecule has 2 aromatic heterocycles. The SMILES string of the molecule is Cc1ccc2ncc(CNCC(O)COCC3CC3)n2c1. The molecule has 0 aliphatic heterocycles. The average Bonchev–Trinajstić information content (AvgIpc) is 3.20. The minimum Gasteiger partial charge on any atom is -0.389 e. The smallest absolute Gasteiger partial charge is 0.136 e. The van der Waals surface area contributed by atoms with Gasteiger partial charge in [-0.2, -0.15) is 0 Å². The Morgan fingerprint density at radius 2 is 2.33 bits per heavy atom. The summed E-state index contributed by atoms with van der Waals surface area (Å²) in [5.41, 5.74) is 3.25. The van der Waals surface area contributed by atoms with Gasteiger partial charge in [-0.1, -0.05) is 6.07 Å². The third kappa shape index (κ3) is 4.03. The monoisotopic (exact) mass is 289 g/mol. The number of pyridine rings is 1. The van der Waals surface area contributed by atoms with Crippen LogP contribution in [0.4, 0.5) is 0 Å². The van der Waals surface area contributed by atoms with Gasteiger partial charge in [0.2, 0.25) is 0 Å². The van der Waals surface area contributed by atoms with E-state index < -0.39 is 6.10 Å². The number of hydrogen-bond acceptors (Lipinski definition) is 4. The maximum Gasteiger partial charge on any atom is 0.136 e. The van der Waals surface area contributed by atoms with Gasteiger partial charge in [0, 0.05) is 25.9 Å². The van der Waals surface area contributed by atoms with Crippen molar-refractivity contribution in [2.24, 2.45) is 5.92 Å². The number of hydrogen-bond donors (Lipinski definition) is 2. The molecule has 2 N–H and O–H groups in total. The Morgan fingerprint density at radius 3 is 3.14 bits per heavy atom. The van der Waals surface area contributed by atoms with Gasteiger partial charge in [-0.05, 0) is 37.3 Å². The van der Waals surface area contributed by atoms with Crippen molar-refractivity contribution in [2.45, 2.75) is 32.4 Å². The van der Waals surface area contributed by atoms with Crippen molar-refractivity contribution < 1.29 is 9.84 Å². The molecule has 2 aromatic rings. The van der Waals surface area contributed by atoms with Crippen LogP contribution in [0.5, 0.6) is 0 Å². The Morgan fingerprint density at radius 1 is 1.48 bits per heavy atom. The molecule has 0 radical (unpaired) electrons. The molecule has 1 aliphatic rings. The summed E-state index contributed by atoms with van der Waals surface area (Å²) in [4.78, 5) is 4.37. The highest BCUT2D eigenvalue weighted by Gasteiger charge is 2.21. The summed E-state index contributed by atoms with van der Waals surface area (Å²) in [5.74, 6) is 0.742. The second-order valence-electron chi connectivity index (χ2n) is 5.95. The van der Waals surface area contributed by atoms with Gasteiger partial charge in [0.1, 0.15) is 5.65 Å². The van der Waals surface area contributed by atoms with Crippen molar-refractivity contribution >= 4 is 5.65 Å². The van der Waals surface area contributed by atoms with Crippen LogP contribution in [0.1, 0.15) is 24.1 Å². The number of aliphatic hydroxyl groups excluding tert-OH is 1. The van der Waals surface area contributed by atoms with Gasteiger partial charge in [0.25, 0.3) is 0 Å². The van der Waals surface area contributed by atoms with Gasteiger partial charge in [-0.25, -0.2) is 4.98 Å². The number of ether oxygens (including phenoxy) is 1. The summed E-state index contributed by atoms with van der Waals surface area (Å²) in [6, 6.07) is 4.07. The van der Waals surface area contributed by atoms with E-state index >= 15 is 0 Å². The molecule has 0 spiro atoms. The number of aryl methyl sites for hydroxylation is 1. The molecule has 5 nitrogen and oxygen atoms in total. The van der Waals surface area contributed by atoms with Crippen LogP contribution in [0.2, 0.25) is 0 Å². The van der Waals surface area contributed by atoms with Crippen molar-refractivity contribution in [3.05, 3.63) is 35.8 Å². The van der Waals surface area contributed by atoms with Crippen LogP contribution >= 0.6 is 0 Å². The number of nitrogens with one attached hydrogen (secondary N) is 1. The highest BCUT2D eigenvalue weighted by molar-refractivity contribution is 5.41. The molecule has 1 fully saturated rings. The first-order chi connectivity index (χ1) is 10.2. The number of aliphatic hydroxyl groups is 1. The number of imidazole rings is 1. The summed E-state index contributed by atoms with van der Waals surface area (Å²) in [6.07, 6.45) is 6.06. The molecule has 1 atom stereocenters. The van der Waals surface area contributed by atoms with Gasteiger partial charge in [-0.15, -0.1) is 0 Å². The fourth-order valence-corrected chi connectivity index (χ4v) is 2.35. The van der Waals surface area contributed by atoms with E-state index in [9.17, 15) is 5.11 Å². The van der Waals surface area contributed by atoms with E-state index in [1.807, 2.05) is 12.3 Å². The van der Waals surface area contributed by atoms with Crippen LogP contribution in [0, 0.1) is 12.8 Å². The second kappa shape index (κ2) is 6.56. The zero-order valence-electron chi connectivity index (χ0n) is 12.5. The molecule has 1 aliphatic carbocycles. The molecule has 1 saturated carbocycles. The molecule has 0 amide bonds. The Balaban J connectivity index is 1.44. The van der Waals surface area contributed by atoms with E-state index in [1.54, 1.807) is 0 Å². The van der Waals surface area contributed by atoms with E-state index in [0.717, 1.165) is 23.9 Å². The fourth-order valence-electron chi connectivity index (χ4n) is 2.35. The molecule has 3 rings (SSSR count). The topological polar surface area (TPSA) is 58.8 Å². The molecular formula is C16H23N3O2. The third-order valence-electron chi connectivity index (χ3n) is 3.78. The quantitative estimate of drug-likeness (QED) is 0.773. The Bertz CT molecular complexity index is 592. The zero-order valence-corrected chi connectivity index (χ0v) is 12.5. The number of nitrogens with zero attached hydrogens (tertiary/aromatic N) is 2. The van der Waals surface area contributed by atoms with Crippen molar-refractivity contribution in [3.8, 4) is 0 Å². The molecule has 21 heavy (non-hydrogen) atoms. The van der Waals surface area contributed by atoms with Gasteiger partial charge in [-0.3, -0.25) is 0 Å². The van der Waals surface area contributed by atoms with Gasteiger partial charge in [0.05, 0.1) is 24.6 Å². The number of rotatable bonds is 8. The molecule has 2 heterocycles. The summed E-state index contributed by atoms with van der Waals surface area (Å²) >= 11 is 0. The van der Waals surface area contributed by atoms with Crippen LogP contribution in [-0.2, 0) is 11.3 Å². The third-order valence-corrected chi connectivity index (χ3v) is 3.78. The Kier molecular flexibility index (Phi) is 4.53. The van der Waals surface area contributed by atoms with E-state index in [4.69, 9.17) is 4.74 Å². The minimum atomic E-state index is -0.454. The molecule has 114 valence electrons. The predicted octanol–water partition coefficient (Wildman–Crippen LogP) is 1.52. The van der Waals surface area contributed by atoms with E-state index in [0.29, 0.717) is 19.7 Å². The first kappa shape index (κ1) is 14.5. The Hall–Kier alpha value is -1.43. The van der Waals surface area contributed by atoms with Crippen molar-refractivity contribution in [2.75, 3.05) is 19.8 Å². The van der Waals surface area contributed by atoms with Crippen LogP contribution in [0.3, 0.4) is 0 Å². The van der Waals surface area contributed by atoms with Crippen molar-refractivity contribution in [3.63, 3.8) is 0 Å². The predicted molar refractivity (Wildman–Crippen MR) is 81.2 cm³/mol. The average molecular weight is 289 g/mol. The zero-order chi connectivity index (χ0) is 14.7.